The van der Waals surface area contributed by atoms with Gasteiger partial charge in [0.15, 0.2) is 0 Å². The lowest BCUT2D eigenvalue weighted by molar-refractivity contribution is -0.129. The van der Waals surface area contributed by atoms with Gasteiger partial charge < -0.3 is 5.73 Å². The van der Waals surface area contributed by atoms with Crippen LogP contribution in [0.2, 0.25) is 0 Å². The number of amides is 1. The molecule has 1 unspecified atom stereocenters. The number of nitrogens with one attached hydrogen (secondary N) is 1. The van der Waals surface area contributed by atoms with Gasteiger partial charge in [-0.15, -0.1) is 0 Å². The van der Waals surface area contributed by atoms with Crippen LogP contribution in [-0.2, 0) is 4.79 Å². The van der Waals surface area contributed by atoms with Gasteiger partial charge in [0.25, 0.3) is 0 Å². The molecule has 0 aliphatic carbocycles. The molecule has 4 nitrogen and oxygen atoms in total. The molecule has 0 saturated carbocycles. The first-order valence-corrected chi connectivity index (χ1v) is 3.99. The predicted octanol–water partition coefficient (Wildman–Crippen LogP) is -0.539. The Hall–Kier alpha value is -0.610. The van der Waals surface area contributed by atoms with Crippen molar-refractivity contribution in [2.45, 2.75) is 25.8 Å². The molecule has 0 aromatic rings. The van der Waals surface area contributed by atoms with Gasteiger partial charge in [0.1, 0.15) is 0 Å². The third kappa shape index (κ3) is 2.48. The zero-order chi connectivity index (χ0) is 8.27. The molecule has 0 aromatic carbocycles. The van der Waals surface area contributed by atoms with Crippen molar-refractivity contribution in [3.8, 4) is 0 Å². The highest BCUT2D eigenvalue weighted by atomic mass is 16.2. The minimum atomic E-state index is 0.171. The number of hydrazine groups is 1. The normalized spacial score (nSPS) is 20.9. The lowest BCUT2D eigenvalue weighted by atomic mass is 10.2. The van der Waals surface area contributed by atoms with E-state index < -0.39 is 0 Å². The van der Waals surface area contributed by atoms with Crippen LogP contribution in [0.1, 0.15) is 19.8 Å². The third-order valence-corrected chi connectivity index (χ3v) is 1.75. The maximum Gasteiger partial charge on any atom is 0.238 e. The summed E-state index contributed by atoms with van der Waals surface area (Å²) in [5.41, 5.74) is 8.54. The topological polar surface area (TPSA) is 58.4 Å². The van der Waals surface area contributed by atoms with Crippen LogP contribution in [0.4, 0.5) is 0 Å². The summed E-state index contributed by atoms with van der Waals surface area (Å²) in [6.07, 6.45) is 1.48. The number of hydrogen-bond acceptors (Lipinski definition) is 3. The van der Waals surface area contributed by atoms with Crippen LogP contribution in [0, 0.1) is 0 Å². The van der Waals surface area contributed by atoms with E-state index in [1.165, 1.54) is 0 Å². The van der Waals surface area contributed by atoms with Crippen LogP contribution >= 0.6 is 0 Å². The van der Waals surface area contributed by atoms with Crippen molar-refractivity contribution in [2.75, 3.05) is 13.1 Å². The maximum atomic E-state index is 11.0. The fourth-order valence-electron chi connectivity index (χ4n) is 1.06. The third-order valence-electron chi connectivity index (χ3n) is 1.75. The van der Waals surface area contributed by atoms with E-state index in [9.17, 15) is 4.79 Å². The van der Waals surface area contributed by atoms with E-state index in [0.29, 0.717) is 6.42 Å². The molecule has 4 heteroatoms. The van der Waals surface area contributed by atoms with E-state index in [1.807, 2.05) is 6.92 Å². The second kappa shape index (κ2) is 3.69. The van der Waals surface area contributed by atoms with Gasteiger partial charge in [0.2, 0.25) is 5.91 Å². The first-order chi connectivity index (χ1) is 5.20. The van der Waals surface area contributed by atoms with E-state index in [0.717, 1.165) is 19.5 Å². The molecule has 1 fully saturated rings. The zero-order valence-electron chi connectivity index (χ0n) is 6.84. The average molecular weight is 157 g/mol. The minimum absolute atomic E-state index is 0.171. The highest BCUT2D eigenvalue weighted by molar-refractivity contribution is 5.77. The van der Waals surface area contributed by atoms with E-state index in [-0.39, 0.29) is 11.9 Å². The van der Waals surface area contributed by atoms with Crippen molar-refractivity contribution in [1.29, 1.82) is 0 Å². The molecule has 11 heavy (non-hydrogen) atoms. The Kier molecular flexibility index (Phi) is 2.84. The van der Waals surface area contributed by atoms with Crippen LogP contribution in [0.5, 0.6) is 0 Å². The molecule has 0 spiro atoms. The van der Waals surface area contributed by atoms with Gasteiger partial charge in [-0.05, 0) is 13.3 Å². The molecule has 1 aliphatic rings. The van der Waals surface area contributed by atoms with Gasteiger partial charge in [-0.2, -0.15) is 0 Å². The van der Waals surface area contributed by atoms with Gasteiger partial charge in [-0.1, -0.05) is 0 Å². The molecule has 1 saturated heterocycles. The summed E-state index contributed by atoms with van der Waals surface area (Å²) in [5.74, 6) is 0.186. The number of carbonyl (C=O) groups is 1. The number of nitrogens with zero attached hydrogens (tertiary/aromatic N) is 1. The molecule has 0 radical (unpaired) electrons. The lowest BCUT2D eigenvalue weighted by Gasteiger charge is -2.16. The Morgan fingerprint density at radius 2 is 2.55 bits per heavy atom. The largest absolute Gasteiger partial charge is 0.328 e. The number of carbonyl (C=O) groups excluding carboxylic acids is 1. The summed E-state index contributed by atoms with van der Waals surface area (Å²) in [5, 5.41) is 1.66. The predicted molar refractivity (Wildman–Crippen MR) is 42.6 cm³/mol. The summed E-state index contributed by atoms with van der Waals surface area (Å²) in [6.45, 7) is 3.45. The summed E-state index contributed by atoms with van der Waals surface area (Å²) >= 11 is 0. The first-order valence-electron chi connectivity index (χ1n) is 3.99. The Balaban J connectivity index is 2.20. The summed E-state index contributed by atoms with van der Waals surface area (Å²) < 4.78 is 0. The zero-order valence-corrected chi connectivity index (χ0v) is 6.84. The molecule has 64 valence electrons. The van der Waals surface area contributed by atoms with Gasteiger partial charge in [0, 0.05) is 25.6 Å². The number of rotatable bonds is 3. The highest BCUT2D eigenvalue weighted by Gasteiger charge is 2.18. The van der Waals surface area contributed by atoms with Crippen LogP contribution in [0.3, 0.4) is 0 Å². The van der Waals surface area contributed by atoms with Crippen molar-refractivity contribution in [3.63, 3.8) is 0 Å². The van der Waals surface area contributed by atoms with Crippen LogP contribution in [0.25, 0.3) is 0 Å². The Labute approximate surface area is 66.7 Å². The number of hydrogen-bond donors (Lipinski definition) is 2. The standard InChI is InChI=1S/C7H15N3O/c1-6(8)3-5-10-7(11)2-4-9-10/h6,9H,2-5,8H2,1H3. The van der Waals surface area contributed by atoms with Crippen molar-refractivity contribution < 1.29 is 4.79 Å². The molecule has 0 bridgehead atoms. The Morgan fingerprint density at radius 1 is 1.82 bits per heavy atom. The second-order valence-corrected chi connectivity index (χ2v) is 2.97. The quantitative estimate of drug-likeness (QED) is 0.578. The average Bonchev–Trinajstić information content (AvgIpc) is 2.31. The van der Waals surface area contributed by atoms with Crippen molar-refractivity contribution in [3.05, 3.63) is 0 Å². The Bertz CT molecular complexity index is 147. The molecule has 1 rings (SSSR count). The molecular formula is C7H15N3O. The summed E-state index contributed by atoms with van der Waals surface area (Å²) in [6, 6.07) is 0.171. The Morgan fingerprint density at radius 3 is 3.00 bits per heavy atom. The van der Waals surface area contributed by atoms with Crippen molar-refractivity contribution in [2.24, 2.45) is 5.73 Å². The smallest absolute Gasteiger partial charge is 0.238 e. The van der Waals surface area contributed by atoms with E-state index >= 15 is 0 Å². The van der Waals surface area contributed by atoms with Crippen LogP contribution in [0.15, 0.2) is 0 Å². The molecule has 1 atom stereocenters. The minimum Gasteiger partial charge on any atom is -0.328 e. The monoisotopic (exact) mass is 157 g/mol. The first kappa shape index (κ1) is 8.49. The maximum absolute atomic E-state index is 11.0. The van der Waals surface area contributed by atoms with Crippen molar-refractivity contribution >= 4 is 5.91 Å². The lowest BCUT2D eigenvalue weighted by Crippen LogP contribution is -2.37. The van der Waals surface area contributed by atoms with E-state index in [2.05, 4.69) is 5.43 Å². The number of nitrogens with two attached hydrogens (primary N) is 1. The van der Waals surface area contributed by atoms with Gasteiger partial charge in [-0.3, -0.25) is 9.80 Å². The molecule has 1 heterocycles. The van der Waals surface area contributed by atoms with Gasteiger partial charge in [0.05, 0.1) is 0 Å². The second-order valence-electron chi connectivity index (χ2n) is 2.97. The highest BCUT2D eigenvalue weighted by Crippen LogP contribution is 2.00. The van der Waals surface area contributed by atoms with Gasteiger partial charge in [-0.25, -0.2) is 5.43 Å². The van der Waals surface area contributed by atoms with E-state index in [4.69, 9.17) is 5.73 Å². The fourth-order valence-corrected chi connectivity index (χ4v) is 1.06. The molecule has 0 aromatic heterocycles. The summed E-state index contributed by atoms with van der Waals surface area (Å²) in [7, 11) is 0. The molecule has 1 amide bonds. The van der Waals surface area contributed by atoms with Crippen molar-refractivity contribution in [1.82, 2.24) is 10.4 Å². The summed E-state index contributed by atoms with van der Waals surface area (Å²) in [4.78, 5) is 11.0. The molecule has 3 N–H and O–H groups in total. The molecular weight excluding hydrogens is 142 g/mol. The van der Waals surface area contributed by atoms with Gasteiger partial charge >= 0.3 is 0 Å². The van der Waals surface area contributed by atoms with E-state index in [1.54, 1.807) is 5.01 Å². The SMILES string of the molecule is CC(N)CCN1NCCC1=O. The molecule has 1 aliphatic heterocycles. The van der Waals surface area contributed by atoms with Crippen LogP contribution < -0.4 is 11.2 Å². The van der Waals surface area contributed by atoms with Crippen LogP contribution in [-0.4, -0.2) is 30.0 Å². The fraction of sp³-hybridized carbons (Fsp3) is 0.857.